The average molecular weight is 345 g/mol. The fourth-order valence-corrected chi connectivity index (χ4v) is 2.83. The maximum Gasteiger partial charge on any atom is 0.318 e. The van der Waals surface area contributed by atoms with Crippen LogP contribution in [-0.2, 0) is 9.53 Å². The zero-order valence-electron chi connectivity index (χ0n) is 15.2. The molecule has 0 radical (unpaired) electrons. The summed E-state index contributed by atoms with van der Waals surface area (Å²) in [6, 6.07) is 7.71. The van der Waals surface area contributed by atoms with Crippen molar-refractivity contribution < 1.29 is 19.7 Å². The number of aromatic nitrogens is 1. The minimum atomic E-state index is -1.10. The summed E-state index contributed by atoms with van der Waals surface area (Å²) in [7, 11) is 0. The normalized spacial score (nSPS) is 15.6. The third-order valence-corrected chi connectivity index (χ3v) is 4.02. The van der Waals surface area contributed by atoms with E-state index in [1.807, 2.05) is 31.2 Å². The first kappa shape index (κ1) is 19.2. The molecule has 5 nitrogen and oxygen atoms in total. The van der Waals surface area contributed by atoms with Crippen molar-refractivity contribution in [3.8, 4) is 0 Å². The van der Waals surface area contributed by atoms with E-state index < -0.39 is 29.7 Å². The first-order chi connectivity index (χ1) is 11.6. The molecule has 0 aliphatic rings. The van der Waals surface area contributed by atoms with Gasteiger partial charge in [0.05, 0.1) is 12.2 Å². The van der Waals surface area contributed by atoms with E-state index in [1.54, 1.807) is 20.8 Å². The van der Waals surface area contributed by atoms with Gasteiger partial charge >= 0.3 is 5.97 Å². The number of carbonyl (C=O) groups is 1. The van der Waals surface area contributed by atoms with Crippen molar-refractivity contribution in [2.45, 2.75) is 57.8 Å². The number of hydrogen-bond donors (Lipinski definition) is 3. The Kier molecular flexibility index (Phi) is 5.70. The molecule has 0 spiro atoms. The maximum absolute atomic E-state index is 12.7. The molecule has 0 fully saturated rings. The third-order valence-electron chi connectivity index (χ3n) is 4.02. The fraction of sp³-hybridized carbons (Fsp3) is 0.450. The van der Waals surface area contributed by atoms with Gasteiger partial charge in [-0.15, -0.1) is 6.58 Å². The number of carbonyl (C=O) groups excluding carboxylic acids is 1. The monoisotopic (exact) mass is 345 g/mol. The van der Waals surface area contributed by atoms with Crippen LogP contribution in [0.25, 0.3) is 10.9 Å². The molecule has 5 heteroatoms. The van der Waals surface area contributed by atoms with Crippen LogP contribution >= 0.6 is 0 Å². The smallest absolute Gasteiger partial charge is 0.318 e. The van der Waals surface area contributed by atoms with E-state index in [-0.39, 0.29) is 6.42 Å². The second-order valence-corrected chi connectivity index (χ2v) is 7.38. The lowest BCUT2D eigenvalue weighted by Gasteiger charge is -2.26. The minimum Gasteiger partial charge on any atom is -0.459 e. The molecule has 0 aliphatic heterocycles. The number of benzene rings is 1. The number of para-hydroxylation sites is 1. The molecule has 3 N–H and O–H groups in total. The number of rotatable bonds is 6. The molecular weight excluding hydrogens is 318 g/mol. The van der Waals surface area contributed by atoms with Crippen LogP contribution in [0.3, 0.4) is 0 Å². The van der Waals surface area contributed by atoms with E-state index in [0.717, 1.165) is 16.5 Å². The first-order valence-electron chi connectivity index (χ1n) is 8.42. The molecule has 0 amide bonds. The molecule has 0 aliphatic carbocycles. The minimum absolute atomic E-state index is 0.00174. The van der Waals surface area contributed by atoms with E-state index in [1.165, 1.54) is 6.08 Å². The van der Waals surface area contributed by atoms with Crippen LogP contribution in [-0.4, -0.2) is 39.0 Å². The second-order valence-electron chi connectivity index (χ2n) is 7.38. The summed E-state index contributed by atoms with van der Waals surface area (Å²) >= 11 is 0. The molecule has 0 saturated carbocycles. The quantitative estimate of drug-likeness (QED) is 0.555. The summed E-state index contributed by atoms with van der Waals surface area (Å²) in [5.74, 6) is -1.44. The highest BCUT2D eigenvalue weighted by atomic mass is 16.6. The lowest BCUT2D eigenvalue weighted by Crippen LogP contribution is -2.35. The lowest BCUT2D eigenvalue weighted by atomic mass is 9.93. The largest absolute Gasteiger partial charge is 0.459 e. The Hall–Kier alpha value is -2.11. The van der Waals surface area contributed by atoms with Crippen LogP contribution in [0.1, 0.15) is 44.4 Å². The summed E-state index contributed by atoms with van der Waals surface area (Å²) in [4.78, 5) is 16.0. The first-order valence-corrected chi connectivity index (χ1v) is 8.42. The van der Waals surface area contributed by atoms with E-state index >= 15 is 0 Å². The van der Waals surface area contributed by atoms with Crippen LogP contribution in [0.4, 0.5) is 0 Å². The number of aromatic amines is 1. The molecule has 1 aromatic carbocycles. The van der Waals surface area contributed by atoms with Gasteiger partial charge in [-0.05, 0) is 44.7 Å². The molecule has 0 bridgehead atoms. The van der Waals surface area contributed by atoms with Gasteiger partial charge in [0.25, 0.3) is 0 Å². The van der Waals surface area contributed by atoms with Crippen molar-refractivity contribution in [2.24, 2.45) is 0 Å². The average Bonchev–Trinajstić information content (AvgIpc) is 2.90. The van der Waals surface area contributed by atoms with E-state index in [2.05, 4.69) is 11.6 Å². The number of fused-ring (bicyclic) bond motifs is 1. The number of H-pyrrole nitrogens is 1. The van der Waals surface area contributed by atoms with Gasteiger partial charge in [-0.25, -0.2) is 0 Å². The molecular formula is C20H27NO4. The fourth-order valence-electron chi connectivity index (χ4n) is 2.83. The summed E-state index contributed by atoms with van der Waals surface area (Å²) < 4.78 is 5.49. The molecule has 3 unspecified atom stereocenters. The number of ether oxygens (including phenoxy) is 1. The van der Waals surface area contributed by atoms with E-state index in [9.17, 15) is 15.0 Å². The van der Waals surface area contributed by atoms with Crippen molar-refractivity contribution in [1.82, 2.24) is 4.98 Å². The number of aliphatic hydroxyl groups excluding tert-OH is 2. The highest BCUT2D eigenvalue weighted by molar-refractivity contribution is 5.86. The highest BCUT2D eigenvalue weighted by Crippen LogP contribution is 2.30. The van der Waals surface area contributed by atoms with Crippen molar-refractivity contribution in [3.05, 3.63) is 48.2 Å². The summed E-state index contributed by atoms with van der Waals surface area (Å²) in [5.41, 5.74) is 1.87. The van der Waals surface area contributed by atoms with E-state index in [0.29, 0.717) is 5.69 Å². The van der Waals surface area contributed by atoms with Crippen LogP contribution in [0.5, 0.6) is 0 Å². The van der Waals surface area contributed by atoms with Gasteiger partial charge in [0, 0.05) is 17.6 Å². The number of esters is 1. The van der Waals surface area contributed by atoms with Crippen molar-refractivity contribution >= 4 is 16.9 Å². The number of nitrogens with one attached hydrogen (secondary N) is 1. The molecule has 25 heavy (non-hydrogen) atoms. The standard InChI is InChI=1S/C20H27NO4/c1-6-14(22)11-16(23)17(19(24)25-20(3,4)5)15-10-13-9-7-8-12(2)18(13)21-15/h6-10,14,16-17,21-23H,1,11H2,2-5H3. The van der Waals surface area contributed by atoms with Gasteiger partial charge in [0.2, 0.25) is 0 Å². The third kappa shape index (κ3) is 4.71. The van der Waals surface area contributed by atoms with Crippen molar-refractivity contribution in [3.63, 3.8) is 0 Å². The Labute approximate surface area is 148 Å². The summed E-state index contributed by atoms with van der Waals surface area (Å²) in [6.07, 6.45) is -0.658. The Morgan fingerprint density at radius 1 is 1.36 bits per heavy atom. The van der Waals surface area contributed by atoms with Crippen molar-refractivity contribution in [1.29, 1.82) is 0 Å². The molecule has 2 rings (SSSR count). The van der Waals surface area contributed by atoms with Crippen LogP contribution in [0.15, 0.2) is 36.9 Å². The van der Waals surface area contributed by atoms with Gasteiger partial charge < -0.3 is 19.9 Å². The molecule has 2 aromatic rings. The summed E-state index contributed by atoms with van der Waals surface area (Å²) in [5, 5.41) is 21.3. The van der Waals surface area contributed by atoms with Gasteiger partial charge in [-0.1, -0.05) is 24.3 Å². The van der Waals surface area contributed by atoms with Gasteiger partial charge in [-0.3, -0.25) is 4.79 Å². The molecule has 1 heterocycles. The van der Waals surface area contributed by atoms with Crippen LogP contribution in [0.2, 0.25) is 0 Å². The second kappa shape index (κ2) is 7.42. The summed E-state index contributed by atoms with van der Waals surface area (Å²) in [6.45, 7) is 10.8. The predicted octanol–water partition coefficient (Wildman–Crippen LogP) is 3.20. The molecule has 3 atom stereocenters. The van der Waals surface area contributed by atoms with Crippen LogP contribution < -0.4 is 0 Å². The van der Waals surface area contributed by atoms with Gasteiger partial charge in [-0.2, -0.15) is 0 Å². The molecule has 1 aromatic heterocycles. The Balaban J connectivity index is 2.43. The highest BCUT2D eigenvalue weighted by Gasteiger charge is 2.34. The Morgan fingerprint density at radius 3 is 2.60 bits per heavy atom. The topological polar surface area (TPSA) is 82.6 Å². The molecule has 136 valence electrons. The van der Waals surface area contributed by atoms with Gasteiger partial charge in [0.1, 0.15) is 11.5 Å². The van der Waals surface area contributed by atoms with Gasteiger partial charge in [0.15, 0.2) is 0 Å². The zero-order valence-corrected chi connectivity index (χ0v) is 15.2. The van der Waals surface area contributed by atoms with Crippen LogP contribution in [0, 0.1) is 6.92 Å². The number of hydrogen-bond acceptors (Lipinski definition) is 4. The Morgan fingerprint density at radius 2 is 2.04 bits per heavy atom. The lowest BCUT2D eigenvalue weighted by molar-refractivity contribution is -0.160. The number of aryl methyl sites for hydroxylation is 1. The predicted molar refractivity (Wildman–Crippen MR) is 98.4 cm³/mol. The molecule has 0 saturated heterocycles. The Bertz CT molecular complexity index is 757. The zero-order chi connectivity index (χ0) is 18.8. The van der Waals surface area contributed by atoms with Crippen molar-refractivity contribution in [2.75, 3.05) is 0 Å². The maximum atomic E-state index is 12.7. The number of aliphatic hydroxyl groups is 2. The van der Waals surface area contributed by atoms with E-state index in [4.69, 9.17) is 4.74 Å². The SMILES string of the molecule is C=CC(O)CC(O)C(C(=O)OC(C)(C)C)c1cc2cccc(C)c2[nH]1.